The Labute approximate surface area is 125 Å². The molecule has 1 aliphatic heterocycles. The van der Waals surface area contributed by atoms with Crippen LogP contribution in [0.1, 0.15) is 0 Å². The molecule has 0 spiro atoms. The lowest BCUT2D eigenvalue weighted by atomic mass is 10.2. The number of hydrogen-bond acceptors (Lipinski definition) is 5. The second kappa shape index (κ2) is 5.46. The molecule has 1 heterocycles. The monoisotopic (exact) mass is 398 g/mol. The van der Waals surface area contributed by atoms with Gasteiger partial charge in [0.25, 0.3) is 0 Å². The molecule has 1 fully saturated rings. The van der Waals surface area contributed by atoms with E-state index in [0.717, 1.165) is 21.6 Å². The molecule has 2 rings (SSSR count). The van der Waals surface area contributed by atoms with Crippen LogP contribution in [0.25, 0.3) is 0 Å². The second-order valence-corrected chi connectivity index (χ2v) is 8.78. The fourth-order valence-electron chi connectivity index (χ4n) is 1.97. The Bertz CT molecular complexity index is 548. The van der Waals surface area contributed by atoms with Crippen LogP contribution in [0.3, 0.4) is 0 Å². The first-order valence-corrected chi connectivity index (χ1v) is 9.66. The second-order valence-electron chi connectivity index (χ2n) is 4.26. The summed E-state index contributed by atoms with van der Waals surface area (Å²) < 4.78 is 24.7. The Kier molecular flexibility index (Phi) is 4.32. The van der Waals surface area contributed by atoms with Crippen LogP contribution < -0.4 is 10.6 Å². The molecule has 0 radical (unpaired) electrons. The maximum Gasteiger partial charge on any atom is 0.169 e. The summed E-state index contributed by atoms with van der Waals surface area (Å²) in [6, 6.07) is 5.60. The fraction of sp³-hybridized carbons (Fsp3) is 0.455. The molecule has 7 heteroatoms. The van der Waals surface area contributed by atoms with Crippen LogP contribution in [0, 0.1) is 3.57 Å². The van der Waals surface area contributed by atoms with Gasteiger partial charge in [0.15, 0.2) is 9.84 Å². The first kappa shape index (κ1) is 14.3. The van der Waals surface area contributed by atoms with Gasteiger partial charge < -0.3 is 10.6 Å². The van der Waals surface area contributed by atoms with Gasteiger partial charge in [0.05, 0.1) is 5.69 Å². The van der Waals surface area contributed by atoms with Gasteiger partial charge in [-0.2, -0.15) is 11.8 Å². The van der Waals surface area contributed by atoms with Gasteiger partial charge in [-0.3, -0.25) is 0 Å². The molecule has 0 amide bonds. The third-order valence-electron chi connectivity index (χ3n) is 2.86. The zero-order chi connectivity index (χ0) is 13.3. The maximum absolute atomic E-state index is 11.9. The van der Waals surface area contributed by atoms with Crippen LogP contribution >= 0.6 is 34.4 Å². The van der Waals surface area contributed by atoms with E-state index < -0.39 is 15.2 Å². The van der Waals surface area contributed by atoms with E-state index in [2.05, 4.69) is 22.6 Å². The van der Waals surface area contributed by atoms with E-state index >= 15 is 0 Å². The van der Waals surface area contributed by atoms with Gasteiger partial charge in [0, 0.05) is 33.6 Å². The number of hydrogen-bond donors (Lipinski definition) is 1. The van der Waals surface area contributed by atoms with Crippen LogP contribution in [0.15, 0.2) is 18.2 Å². The molecule has 4 nitrogen and oxygen atoms in total. The van der Waals surface area contributed by atoms with Crippen LogP contribution in [0.5, 0.6) is 0 Å². The van der Waals surface area contributed by atoms with Crippen molar-refractivity contribution in [2.24, 2.45) is 0 Å². The van der Waals surface area contributed by atoms with Gasteiger partial charge >= 0.3 is 0 Å². The highest BCUT2D eigenvalue weighted by atomic mass is 127. The summed E-state index contributed by atoms with van der Waals surface area (Å²) in [7, 11) is -3.08. The SMILES string of the molecule is CS(=O)(=O)C1CSCCN1c1ccc(N)cc1I. The molecular formula is C11H15IN2O2S2. The molecule has 1 unspecified atom stereocenters. The van der Waals surface area contributed by atoms with E-state index in [4.69, 9.17) is 5.73 Å². The smallest absolute Gasteiger partial charge is 0.169 e. The Morgan fingerprint density at radius 1 is 1.50 bits per heavy atom. The lowest BCUT2D eigenvalue weighted by molar-refractivity contribution is 0.584. The molecule has 0 aliphatic carbocycles. The molecule has 0 aromatic heterocycles. The van der Waals surface area contributed by atoms with Gasteiger partial charge in [-0.05, 0) is 40.8 Å². The van der Waals surface area contributed by atoms with Crippen molar-refractivity contribution < 1.29 is 8.42 Å². The van der Waals surface area contributed by atoms with Gasteiger partial charge in [0.2, 0.25) is 0 Å². The molecule has 1 aromatic rings. The van der Waals surface area contributed by atoms with E-state index in [-0.39, 0.29) is 0 Å². The van der Waals surface area contributed by atoms with Gasteiger partial charge in [-0.25, -0.2) is 8.42 Å². The van der Waals surface area contributed by atoms with Crippen molar-refractivity contribution in [3.63, 3.8) is 0 Å². The zero-order valence-corrected chi connectivity index (χ0v) is 13.8. The first-order valence-electron chi connectivity index (χ1n) is 5.48. The fourth-order valence-corrected chi connectivity index (χ4v) is 5.65. The molecule has 1 aliphatic rings. The largest absolute Gasteiger partial charge is 0.399 e. The first-order chi connectivity index (χ1) is 8.39. The standard InChI is InChI=1S/C11H15IN2O2S2/c1-18(15,16)11-7-17-5-4-14(11)10-3-2-8(13)6-9(10)12/h2-3,6,11H,4-5,7,13H2,1H3. The minimum absolute atomic E-state index is 0.437. The number of nitrogen functional groups attached to an aromatic ring is 1. The summed E-state index contributed by atoms with van der Waals surface area (Å²) >= 11 is 3.89. The lowest BCUT2D eigenvalue weighted by Crippen LogP contribution is -2.47. The minimum Gasteiger partial charge on any atom is -0.399 e. The maximum atomic E-state index is 11.9. The quantitative estimate of drug-likeness (QED) is 0.608. The van der Waals surface area contributed by atoms with Crippen molar-refractivity contribution in [1.29, 1.82) is 0 Å². The molecular weight excluding hydrogens is 383 g/mol. The minimum atomic E-state index is -3.08. The zero-order valence-electron chi connectivity index (χ0n) is 9.97. The van der Waals surface area contributed by atoms with E-state index in [1.54, 1.807) is 11.8 Å². The average molecular weight is 398 g/mol. The molecule has 18 heavy (non-hydrogen) atoms. The molecule has 1 saturated heterocycles. The highest BCUT2D eigenvalue weighted by Gasteiger charge is 2.31. The van der Waals surface area contributed by atoms with Crippen molar-refractivity contribution in [1.82, 2.24) is 0 Å². The number of thioether (sulfide) groups is 1. The molecule has 1 atom stereocenters. The number of sulfone groups is 1. The van der Waals surface area contributed by atoms with Crippen LogP contribution in [-0.2, 0) is 9.84 Å². The lowest BCUT2D eigenvalue weighted by Gasteiger charge is -2.36. The molecule has 0 saturated carbocycles. The Morgan fingerprint density at radius 3 is 2.83 bits per heavy atom. The third kappa shape index (κ3) is 3.05. The van der Waals surface area contributed by atoms with Crippen molar-refractivity contribution in [2.45, 2.75) is 5.37 Å². The summed E-state index contributed by atoms with van der Waals surface area (Å²) in [5.74, 6) is 1.58. The number of benzene rings is 1. The topological polar surface area (TPSA) is 63.4 Å². The molecule has 0 bridgehead atoms. The predicted molar refractivity (Wildman–Crippen MR) is 86.9 cm³/mol. The average Bonchev–Trinajstić information content (AvgIpc) is 2.28. The van der Waals surface area contributed by atoms with Crippen molar-refractivity contribution in [3.8, 4) is 0 Å². The van der Waals surface area contributed by atoms with Crippen molar-refractivity contribution >= 4 is 55.6 Å². The van der Waals surface area contributed by atoms with Crippen LogP contribution in [0.4, 0.5) is 11.4 Å². The van der Waals surface area contributed by atoms with Crippen molar-refractivity contribution in [2.75, 3.05) is 34.9 Å². The molecule has 100 valence electrons. The number of rotatable bonds is 2. The number of anilines is 2. The summed E-state index contributed by atoms with van der Waals surface area (Å²) in [6.07, 6.45) is 1.31. The number of nitrogens with two attached hydrogens (primary N) is 1. The summed E-state index contributed by atoms with van der Waals surface area (Å²) in [6.45, 7) is 0.752. The van der Waals surface area contributed by atoms with E-state index in [1.807, 2.05) is 23.1 Å². The molecule has 2 N–H and O–H groups in total. The Hall–Kier alpha value is -0.150. The summed E-state index contributed by atoms with van der Waals surface area (Å²) in [5, 5.41) is -0.437. The third-order valence-corrected chi connectivity index (χ3v) is 6.37. The number of halogens is 1. The van der Waals surface area contributed by atoms with Crippen LogP contribution in [0.2, 0.25) is 0 Å². The van der Waals surface area contributed by atoms with Gasteiger partial charge in [0.1, 0.15) is 5.37 Å². The van der Waals surface area contributed by atoms with E-state index in [9.17, 15) is 8.42 Å². The summed E-state index contributed by atoms with van der Waals surface area (Å²) in [5.41, 5.74) is 7.39. The van der Waals surface area contributed by atoms with Crippen molar-refractivity contribution in [3.05, 3.63) is 21.8 Å². The highest BCUT2D eigenvalue weighted by molar-refractivity contribution is 14.1. The Morgan fingerprint density at radius 2 is 2.22 bits per heavy atom. The van der Waals surface area contributed by atoms with Gasteiger partial charge in [-0.15, -0.1) is 0 Å². The van der Waals surface area contributed by atoms with Gasteiger partial charge in [-0.1, -0.05) is 0 Å². The Balaban J connectivity index is 2.40. The highest BCUT2D eigenvalue weighted by Crippen LogP contribution is 2.31. The molecule has 1 aromatic carbocycles. The normalized spacial score (nSPS) is 21.0. The van der Waals surface area contributed by atoms with Crippen LogP contribution in [-0.4, -0.2) is 38.1 Å². The predicted octanol–water partition coefficient (Wildman–Crippen LogP) is 1.80. The number of nitrogens with zero attached hydrogens (tertiary/aromatic N) is 1. The summed E-state index contributed by atoms with van der Waals surface area (Å²) in [4.78, 5) is 1.98. The van der Waals surface area contributed by atoms with E-state index in [1.165, 1.54) is 6.26 Å². The van der Waals surface area contributed by atoms with E-state index in [0.29, 0.717) is 11.4 Å².